The van der Waals surface area contributed by atoms with Gasteiger partial charge in [0.2, 0.25) is 0 Å². The molecule has 0 saturated carbocycles. The fraction of sp³-hybridized carbons (Fsp3) is 0.429. The number of hydrogen-bond donors (Lipinski definition) is 1. The monoisotopic (exact) mass is 582 g/mol. The van der Waals surface area contributed by atoms with Gasteiger partial charge in [-0.05, 0) is 99.7 Å². The Labute approximate surface area is 252 Å². The van der Waals surface area contributed by atoms with Crippen LogP contribution in [0, 0.1) is 6.92 Å². The number of piperidine rings is 2. The number of aryl methyl sites for hydroxylation is 1. The number of halogens is 1. The second-order valence-electron chi connectivity index (χ2n) is 12.6. The number of rotatable bonds is 6. The van der Waals surface area contributed by atoms with Gasteiger partial charge in [0.15, 0.2) is 0 Å². The van der Waals surface area contributed by atoms with E-state index in [9.17, 15) is 9.90 Å². The van der Waals surface area contributed by atoms with Gasteiger partial charge >= 0.3 is 0 Å². The molecule has 1 aromatic heterocycles. The van der Waals surface area contributed by atoms with Crippen LogP contribution in [-0.2, 0) is 5.41 Å². The van der Waals surface area contributed by atoms with Gasteiger partial charge < -0.3 is 14.6 Å². The van der Waals surface area contributed by atoms with Crippen LogP contribution in [0.1, 0.15) is 72.7 Å². The molecule has 3 atom stereocenters. The summed E-state index contributed by atoms with van der Waals surface area (Å²) in [4.78, 5) is 22.9. The van der Waals surface area contributed by atoms with Crippen molar-refractivity contribution in [3.63, 3.8) is 0 Å². The number of carbonyl (C=O) groups is 1. The first kappa shape index (κ1) is 27.5. The van der Waals surface area contributed by atoms with Crippen molar-refractivity contribution >= 4 is 28.5 Å². The second kappa shape index (κ2) is 11.1. The Morgan fingerprint density at radius 1 is 0.952 bits per heavy atom. The number of aromatic nitrogens is 2. The molecule has 1 N–H and O–H groups in total. The van der Waals surface area contributed by atoms with Gasteiger partial charge in [-0.2, -0.15) is 0 Å². The smallest absolute Gasteiger partial charge is 0.257 e. The van der Waals surface area contributed by atoms with E-state index in [1.807, 2.05) is 4.90 Å². The summed E-state index contributed by atoms with van der Waals surface area (Å²) in [6.45, 7) is 4.60. The Hall–Kier alpha value is -3.35. The summed E-state index contributed by atoms with van der Waals surface area (Å²) >= 11 is 6.01. The fourth-order valence-electron chi connectivity index (χ4n) is 8.26. The van der Waals surface area contributed by atoms with E-state index in [1.165, 1.54) is 42.8 Å². The van der Waals surface area contributed by atoms with Crippen molar-refractivity contribution in [2.24, 2.45) is 0 Å². The molecule has 3 saturated heterocycles. The van der Waals surface area contributed by atoms with Crippen LogP contribution in [0.4, 0.5) is 0 Å². The molecule has 3 fully saturated rings. The molecular weight excluding hydrogens is 544 g/mol. The molecule has 3 aromatic carbocycles. The van der Waals surface area contributed by atoms with E-state index in [0.29, 0.717) is 41.8 Å². The lowest BCUT2D eigenvalue weighted by molar-refractivity contribution is 0.0604. The van der Waals surface area contributed by atoms with Crippen LogP contribution in [0.2, 0.25) is 5.02 Å². The predicted octanol–water partition coefficient (Wildman–Crippen LogP) is 7.14. The normalized spacial score (nSPS) is 23.9. The molecular formula is C35H39ClN4O2. The summed E-state index contributed by atoms with van der Waals surface area (Å²) in [6.07, 6.45) is 7.85. The van der Waals surface area contributed by atoms with Crippen molar-refractivity contribution in [1.29, 1.82) is 0 Å². The van der Waals surface area contributed by atoms with Gasteiger partial charge in [0.1, 0.15) is 11.6 Å². The number of hydrogen-bond acceptors (Lipinski definition) is 4. The lowest BCUT2D eigenvalue weighted by Crippen LogP contribution is -2.49. The number of nitrogens with zero attached hydrogens (tertiary/aromatic N) is 4. The SMILES string of the molecule is Cc1nc2ccccc2n1C1C[C@H]2CC[C@@H](C1)N2CCC1(c2ccccc2)CCN(C(=O)c2ccc(Cl)cc2O)CC1. The molecule has 6 nitrogen and oxygen atoms in total. The Morgan fingerprint density at radius 3 is 2.36 bits per heavy atom. The van der Waals surface area contributed by atoms with E-state index in [-0.39, 0.29) is 17.1 Å². The number of amides is 1. The van der Waals surface area contributed by atoms with E-state index in [1.54, 1.807) is 12.1 Å². The summed E-state index contributed by atoms with van der Waals surface area (Å²) in [7, 11) is 0. The highest BCUT2D eigenvalue weighted by Crippen LogP contribution is 2.45. The van der Waals surface area contributed by atoms with Crippen LogP contribution in [-0.4, -0.2) is 62.1 Å². The third-order valence-electron chi connectivity index (χ3n) is 10.4. The van der Waals surface area contributed by atoms with Crippen LogP contribution < -0.4 is 0 Å². The molecule has 218 valence electrons. The second-order valence-corrected chi connectivity index (χ2v) is 13.1. The van der Waals surface area contributed by atoms with Crippen LogP contribution >= 0.6 is 11.6 Å². The van der Waals surface area contributed by atoms with Gasteiger partial charge in [-0.1, -0.05) is 54.1 Å². The molecule has 0 spiro atoms. The number of imidazole rings is 1. The zero-order valence-corrected chi connectivity index (χ0v) is 25.0. The average molecular weight is 583 g/mol. The van der Waals surface area contributed by atoms with Crippen molar-refractivity contribution in [3.8, 4) is 5.75 Å². The van der Waals surface area contributed by atoms with Crippen molar-refractivity contribution < 1.29 is 9.90 Å². The molecule has 0 radical (unpaired) electrons. The average Bonchev–Trinajstić information content (AvgIpc) is 3.46. The van der Waals surface area contributed by atoms with Gasteiger partial charge in [0.05, 0.1) is 16.6 Å². The summed E-state index contributed by atoms with van der Waals surface area (Å²) < 4.78 is 2.51. The van der Waals surface area contributed by atoms with Crippen molar-refractivity contribution in [2.75, 3.05) is 19.6 Å². The maximum absolute atomic E-state index is 13.3. The molecule has 3 aliphatic heterocycles. The van der Waals surface area contributed by atoms with E-state index >= 15 is 0 Å². The minimum Gasteiger partial charge on any atom is -0.507 e. The number of likely N-dealkylation sites (tertiary alicyclic amines) is 1. The molecule has 3 aliphatic rings. The molecule has 7 rings (SSSR count). The fourth-order valence-corrected chi connectivity index (χ4v) is 8.43. The van der Waals surface area contributed by atoms with Crippen LogP contribution in [0.5, 0.6) is 5.75 Å². The highest BCUT2D eigenvalue weighted by Gasteiger charge is 2.44. The summed E-state index contributed by atoms with van der Waals surface area (Å²) in [5.74, 6) is 0.962. The summed E-state index contributed by atoms with van der Waals surface area (Å²) in [6, 6.07) is 26.0. The van der Waals surface area contributed by atoms with Crippen molar-refractivity contribution in [2.45, 2.75) is 75.4 Å². The maximum Gasteiger partial charge on any atom is 0.257 e. The number of aromatic hydroxyl groups is 1. The van der Waals surface area contributed by atoms with Crippen molar-refractivity contribution in [1.82, 2.24) is 19.4 Å². The lowest BCUT2D eigenvalue weighted by Gasteiger charge is -2.45. The number of phenols is 1. The molecule has 4 heterocycles. The van der Waals surface area contributed by atoms with Gasteiger partial charge in [-0.15, -0.1) is 0 Å². The minimum atomic E-state index is -0.117. The number of carbonyl (C=O) groups excluding carboxylic acids is 1. The Balaban J connectivity index is 1.06. The van der Waals surface area contributed by atoms with E-state index in [0.717, 1.165) is 37.1 Å². The molecule has 0 aliphatic carbocycles. The van der Waals surface area contributed by atoms with Crippen LogP contribution in [0.15, 0.2) is 72.8 Å². The predicted molar refractivity (Wildman–Crippen MR) is 167 cm³/mol. The van der Waals surface area contributed by atoms with Gasteiger partial charge in [-0.3, -0.25) is 9.69 Å². The Kier molecular flexibility index (Phi) is 7.23. The first-order valence-electron chi connectivity index (χ1n) is 15.4. The molecule has 7 heteroatoms. The molecule has 2 bridgehead atoms. The topological polar surface area (TPSA) is 61.6 Å². The van der Waals surface area contributed by atoms with Gasteiger partial charge in [-0.25, -0.2) is 4.98 Å². The Morgan fingerprint density at radius 2 is 1.64 bits per heavy atom. The lowest BCUT2D eigenvalue weighted by atomic mass is 9.70. The first-order valence-corrected chi connectivity index (χ1v) is 15.8. The number of phenolic OH excluding ortho intramolecular Hbond substituents is 1. The van der Waals surface area contributed by atoms with Crippen LogP contribution in [0.25, 0.3) is 11.0 Å². The third kappa shape index (κ3) is 4.88. The van der Waals surface area contributed by atoms with Gasteiger partial charge in [0, 0.05) is 36.2 Å². The Bertz CT molecular complexity index is 1580. The zero-order chi connectivity index (χ0) is 28.8. The summed E-state index contributed by atoms with van der Waals surface area (Å²) in [5.41, 5.74) is 4.11. The largest absolute Gasteiger partial charge is 0.507 e. The zero-order valence-electron chi connectivity index (χ0n) is 24.3. The van der Waals surface area contributed by atoms with Gasteiger partial charge in [0.25, 0.3) is 5.91 Å². The number of para-hydroxylation sites is 2. The van der Waals surface area contributed by atoms with E-state index < -0.39 is 0 Å². The number of benzene rings is 3. The van der Waals surface area contributed by atoms with Crippen LogP contribution in [0.3, 0.4) is 0 Å². The molecule has 1 amide bonds. The van der Waals surface area contributed by atoms with Crippen molar-refractivity contribution in [3.05, 3.63) is 94.8 Å². The molecule has 4 aromatic rings. The quantitative estimate of drug-likeness (QED) is 0.262. The molecule has 1 unspecified atom stereocenters. The number of fused-ring (bicyclic) bond motifs is 3. The molecule has 42 heavy (non-hydrogen) atoms. The third-order valence-corrected chi connectivity index (χ3v) is 10.7. The highest BCUT2D eigenvalue weighted by molar-refractivity contribution is 6.30. The minimum absolute atomic E-state index is 0.0352. The maximum atomic E-state index is 13.3. The highest BCUT2D eigenvalue weighted by atomic mass is 35.5. The standard InChI is InChI=1S/C35H39ClN4O2/c1-24-37-31-9-5-6-10-32(31)40(24)29-22-27-12-13-28(23-29)39(27)20-17-35(25-7-3-2-4-8-25)15-18-38(19-16-35)34(42)30-14-11-26(36)21-33(30)41/h2-11,14,21,27-29,41H,12-13,15-20,22-23H2,1H3/t27-,28+,29?. The summed E-state index contributed by atoms with van der Waals surface area (Å²) in [5, 5.41) is 10.8. The van der Waals surface area contributed by atoms with E-state index in [4.69, 9.17) is 16.6 Å². The van der Waals surface area contributed by atoms with E-state index in [2.05, 4.69) is 71.0 Å². The first-order chi connectivity index (χ1) is 20.4.